The Morgan fingerprint density at radius 1 is 1.43 bits per heavy atom. The van der Waals surface area contributed by atoms with Crippen molar-refractivity contribution in [2.24, 2.45) is 0 Å². The lowest BCUT2D eigenvalue weighted by atomic mass is 10.1. The van der Waals surface area contributed by atoms with Gasteiger partial charge in [0.15, 0.2) is 0 Å². The number of nitrogens with zero attached hydrogens (tertiary/aromatic N) is 3. The first-order valence-electron chi connectivity index (χ1n) is 5.98. The number of hydrogen-bond donors (Lipinski definition) is 2. The number of ether oxygens (including phenoxy) is 1. The maximum absolute atomic E-state index is 11.3. The van der Waals surface area contributed by atoms with Crippen LogP contribution < -0.4 is 5.43 Å². The van der Waals surface area contributed by atoms with Gasteiger partial charge < -0.3 is 14.7 Å². The van der Waals surface area contributed by atoms with Crippen molar-refractivity contribution < 1.29 is 29.3 Å². The van der Waals surface area contributed by atoms with E-state index in [1.807, 2.05) is 0 Å². The second kappa shape index (κ2) is 5.83. The summed E-state index contributed by atoms with van der Waals surface area (Å²) in [6.45, 7) is 1.46. The van der Waals surface area contributed by atoms with E-state index in [2.05, 4.69) is 15.0 Å². The Morgan fingerprint density at radius 2 is 2.09 bits per heavy atom. The number of nitro groups is 2. The van der Waals surface area contributed by atoms with Crippen molar-refractivity contribution in [2.45, 2.75) is 12.1 Å². The largest absolute Gasteiger partial charge is 0.529 e. The van der Waals surface area contributed by atoms with E-state index in [1.54, 1.807) is 0 Å². The van der Waals surface area contributed by atoms with Crippen molar-refractivity contribution in [3.8, 4) is 0 Å². The average Bonchev–Trinajstić information content (AvgIpc) is 2.69. The van der Waals surface area contributed by atoms with Crippen LogP contribution in [0, 0.1) is 20.2 Å². The van der Waals surface area contributed by atoms with Crippen molar-refractivity contribution in [2.75, 3.05) is 12.0 Å². The fraction of sp³-hybridized carbons (Fsp3) is 0.300. The highest BCUT2D eigenvalue weighted by Gasteiger charge is 2.50. The fourth-order valence-electron chi connectivity index (χ4n) is 1.82. The zero-order chi connectivity index (χ0) is 17.4. The number of hydrogen-bond acceptors (Lipinski definition) is 10. The summed E-state index contributed by atoms with van der Waals surface area (Å²) in [5.41, 5.74) is 0.00376. The van der Waals surface area contributed by atoms with Crippen molar-refractivity contribution >= 4 is 34.8 Å². The summed E-state index contributed by atoms with van der Waals surface area (Å²) in [7, 11) is 0. The van der Waals surface area contributed by atoms with Crippen LogP contribution in [0.4, 0.5) is 21.9 Å². The maximum atomic E-state index is 11.3. The third-order valence-electron chi connectivity index (χ3n) is 2.76. The fourth-order valence-corrected chi connectivity index (χ4v) is 2.04. The molecule has 0 bridgehead atoms. The van der Waals surface area contributed by atoms with Gasteiger partial charge in [0.1, 0.15) is 5.69 Å². The van der Waals surface area contributed by atoms with E-state index in [4.69, 9.17) is 11.6 Å². The van der Waals surface area contributed by atoms with Crippen LogP contribution in [0.1, 0.15) is 12.5 Å². The van der Waals surface area contributed by atoms with Crippen molar-refractivity contribution in [3.63, 3.8) is 0 Å². The molecule has 0 aliphatic carbocycles. The third kappa shape index (κ3) is 2.94. The SMILES string of the molecule is CCOC(=O)ON1Nc2c([N+](=O)[O-])cc([N+](=O)[O-])cc2C1(O)Cl. The number of carbonyl (C=O) groups is 1. The molecule has 0 amide bonds. The quantitative estimate of drug-likeness (QED) is 0.269. The Kier molecular flexibility index (Phi) is 4.22. The molecule has 0 saturated heterocycles. The van der Waals surface area contributed by atoms with Gasteiger partial charge in [-0.05, 0) is 6.92 Å². The van der Waals surface area contributed by atoms with Crippen molar-refractivity contribution in [1.29, 1.82) is 0 Å². The molecule has 0 fully saturated rings. The van der Waals surface area contributed by atoms with Crippen LogP contribution in [0.2, 0.25) is 0 Å². The highest BCUT2D eigenvalue weighted by molar-refractivity contribution is 6.23. The monoisotopic (exact) mass is 348 g/mol. The number of hydrazine groups is 1. The number of hydroxylamine groups is 1. The van der Waals surface area contributed by atoms with E-state index in [0.29, 0.717) is 6.07 Å². The smallest absolute Gasteiger partial charge is 0.433 e. The number of fused-ring (bicyclic) bond motifs is 1. The Bertz CT molecular complexity index is 694. The van der Waals surface area contributed by atoms with Gasteiger partial charge in [0.2, 0.25) is 0 Å². The molecule has 13 heteroatoms. The lowest BCUT2D eigenvalue weighted by Crippen LogP contribution is -2.41. The van der Waals surface area contributed by atoms with Crippen LogP contribution in [0.25, 0.3) is 0 Å². The molecule has 1 unspecified atom stereocenters. The second-order valence-electron chi connectivity index (χ2n) is 4.17. The number of benzene rings is 1. The average molecular weight is 349 g/mol. The molecular weight excluding hydrogens is 340 g/mol. The number of non-ortho nitro benzene ring substituents is 1. The second-order valence-corrected chi connectivity index (χ2v) is 4.70. The van der Waals surface area contributed by atoms with E-state index in [9.17, 15) is 30.1 Å². The first-order chi connectivity index (χ1) is 10.7. The van der Waals surface area contributed by atoms with Crippen molar-refractivity contribution in [1.82, 2.24) is 5.17 Å². The normalized spacial score (nSPS) is 19.6. The minimum Gasteiger partial charge on any atom is -0.433 e. The zero-order valence-corrected chi connectivity index (χ0v) is 12.1. The van der Waals surface area contributed by atoms with Gasteiger partial charge >= 0.3 is 11.8 Å². The Labute approximate surface area is 132 Å². The van der Waals surface area contributed by atoms with E-state index in [0.717, 1.165) is 6.07 Å². The molecule has 1 aliphatic heterocycles. The number of carbonyl (C=O) groups excluding carboxylic acids is 1. The summed E-state index contributed by atoms with van der Waals surface area (Å²) in [6, 6.07) is 1.49. The molecule has 0 spiro atoms. The van der Waals surface area contributed by atoms with Crippen LogP contribution in [0.15, 0.2) is 12.1 Å². The Hall–Kier alpha value is -2.70. The van der Waals surface area contributed by atoms with Crippen LogP contribution in [0.5, 0.6) is 0 Å². The summed E-state index contributed by atoms with van der Waals surface area (Å²) < 4.78 is 4.48. The van der Waals surface area contributed by atoms with Gasteiger partial charge in [-0.2, -0.15) is 0 Å². The molecule has 2 N–H and O–H groups in total. The Morgan fingerprint density at radius 3 is 2.61 bits per heavy atom. The van der Waals surface area contributed by atoms with Gasteiger partial charge in [0, 0.05) is 11.2 Å². The van der Waals surface area contributed by atoms with Crippen LogP contribution >= 0.6 is 11.6 Å². The number of aliphatic hydroxyl groups is 1. The highest BCUT2D eigenvalue weighted by Crippen LogP contribution is 2.47. The van der Waals surface area contributed by atoms with E-state index < -0.39 is 38.1 Å². The molecule has 0 radical (unpaired) electrons. The summed E-state index contributed by atoms with van der Waals surface area (Å²) in [6.07, 6.45) is -1.25. The summed E-state index contributed by atoms with van der Waals surface area (Å²) in [5.74, 6) is 0. The molecule has 0 aromatic heterocycles. The van der Waals surface area contributed by atoms with Gasteiger partial charge in [0.25, 0.3) is 10.9 Å². The minimum absolute atomic E-state index is 0.0358. The topological polar surface area (TPSA) is 157 Å². The number of nitro benzene ring substituents is 2. The molecule has 1 aromatic carbocycles. The van der Waals surface area contributed by atoms with Gasteiger partial charge in [-0.3, -0.25) is 25.7 Å². The molecule has 23 heavy (non-hydrogen) atoms. The van der Waals surface area contributed by atoms with Crippen molar-refractivity contribution in [3.05, 3.63) is 37.9 Å². The van der Waals surface area contributed by atoms with Crippen LogP contribution in [0.3, 0.4) is 0 Å². The molecule has 1 atom stereocenters. The number of rotatable bonds is 4. The Balaban J connectivity index is 2.48. The zero-order valence-electron chi connectivity index (χ0n) is 11.4. The maximum Gasteiger partial charge on any atom is 0.529 e. The molecule has 1 aromatic rings. The lowest BCUT2D eigenvalue weighted by molar-refractivity contribution is -0.393. The van der Waals surface area contributed by atoms with Crippen LogP contribution in [-0.4, -0.2) is 32.9 Å². The van der Waals surface area contributed by atoms with Gasteiger partial charge in [-0.1, -0.05) is 11.6 Å². The van der Waals surface area contributed by atoms with E-state index in [1.165, 1.54) is 6.92 Å². The van der Waals surface area contributed by atoms with E-state index in [-0.39, 0.29) is 17.5 Å². The van der Waals surface area contributed by atoms with E-state index >= 15 is 0 Å². The number of nitrogens with one attached hydrogen (secondary N) is 1. The third-order valence-corrected chi connectivity index (χ3v) is 3.12. The molecule has 1 aliphatic rings. The predicted octanol–water partition coefficient (Wildman–Crippen LogP) is 1.57. The molecule has 1 heterocycles. The molecule has 2 rings (SSSR count). The summed E-state index contributed by atoms with van der Waals surface area (Å²) >= 11 is 5.80. The lowest BCUT2D eigenvalue weighted by Gasteiger charge is -2.24. The number of alkyl halides is 1. The van der Waals surface area contributed by atoms with Gasteiger partial charge in [-0.15, -0.1) is 0 Å². The molecule has 0 saturated carbocycles. The highest BCUT2D eigenvalue weighted by atomic mass is 35.5. The molecule has 124 valence electrons. The molecular formula is C10H9ClN4O8. The number of anilines is 1. The van der Waals surface area contributed by atoms with Crippen LogP contribution in [-0.2, 0) is 14.8 Å². The summed E-state index contributed by atoms with van der Waals surface area (Å²) in [5, 5.41) is 29.8. The summed E-state index contributed by atoms with van der Waals surface area (Å²) in [4.78, 5) is 35.9. The predicted molar refractivity (Wildman–Crippen MR) is 73.1 cm³/mol. The first-order valence-corrected chi connectivity index (χ1v) is 6.36. The standard InChI is InChI=1S/C10H9ClN4O8/c1-2-22-9(16)23-15-10(11,17)6-3-5(13(18)19)4-7(14(20)21)8(6)12-15/h3-4,12,17H,2H2,1H3. The minimum atomic E-state index is -2.61. The van der Waals surface area contributed by atoms with Gasteiger partial charge in [-0.25, -0.2) is 4.79 Å². The molecule has 12 nitrogen and oxygen atoms in total. The number of halogens is 1. The van der Waals surface area contributed by atoms with Gasteiger partial charge in [0.05, 0.1) is 28.1 Å². The first kappa shape index (κ1) is 16.7.